The first kappa shape index (κ1) is 16.2. The van der Waals surface area contributed by atoms with Gasteiger partial charge in [0.05, 0.1) is 6.10 Å². The van der Waals surface area contributed by atoms with E-state index < -0.39 is 0 Å². The number of nitrogens with zero attached hydrogens (tertiary/aromatic N) is 2. The molecular formula is C14H24N4O2. The van der Waals surface area contributed by atoms with Crippen LogP contribution in [0.4, 0.5) is 5.95 Å². The van der Waals surface area contributed by atoms with E-state index in [9.17, 15) is 4.79 Å². The van der Waals surface area contributed by atoms with Gasteiger partial charge in [-0.25, -0.2) is 4.98 Å². The predicted molar refractivity (Wildman–Crippen MR) is 78.8 cm³/mol. The van der Waals surface area contributed by atoms with E-state index in [1.54, 1.807) is 12.3 Å². The van der Waals surface area contributed by atoms with Gasteiger partial charge in [0.15, 0.2) is 0 Å². The number of amides is 1. The van der Waals surface area contributed by atoms with Crippen LogP contribution < -0.4 is 15.4 Å². The highest BCUT2D eigenvalue weighted by Crippen LogP contribution is 2.10. The van der Waals surface area contributed by atoms with Crippen LogP contribution in [-0.2, 0) is 4.79 Å². The van der Waals surface area contributed by atoms with E-state index in [1.165, 1.54) is 0 Å². The van der Waals surface area contributed by atoms with Crippen molar-refractivity contribution in [1.29, 1.82) is 0 Å². The molecule has 112 valence electrons. The predicted octanol–water partition coefficient (Wildman–Crippen LogP) is 1.98. The molecule has 1 amide bonds. The number of carbonyl (C=O) groups excluding carboxylic acids is 1. The van der Waals surface area contributed by atoms with Crippen LogP contribution in [0.1, 0.15) is 41.0 Å². The topological polar surface area (TPSA) is 76.1 Å². The zero-order valence-corrected chi connectivity index (χ0v) is 12.9. The fourth-order valence-electron chi connectivity index (χ4n) is 1.50. The van der Waals surface area contributed by atoms with Crippen molar-refractivity contribution in [1.82, 2.24) is 15.3 Å². The van der Waals surface area contributed by atoms with Crippen molar-refractivity contribution < 1.29 is 9.53 Å². The van der Waals surface area contributed by atoms with Crippen molar-refractivity contribution in [3.05, 3.63) is 12.3 Å². The summed E-state index contributed by atoms with van der Waals surface area (Å²) < 4.78 is 5.48. The molecule has 0 fully saturated rings. The first-order valence-electron chi connectivity index (χ1n) is 6.81. The maximum Gasteiger partial charge on any atom is 0.225 e. The summed E-state index contributed by atoms with van der Waals surface area (Å²) in [6.45, 7) is 10.2. The Bertz CT molecular complexity index is 441. The van der Waals surface area contributed by atoms with E-state index in [2.05, 4.69) is 20.6 Å². The minimum atomic E-state index is -0.210. The Morgan fingerprint density at radius 2 is 2.10 bits per heavy atom. The number of carbonyl (C=O) groups is 1. The third-order valence-corrected chi connectivity index (χ3v) is 2.14. The fraction of sp³-hybridized carbons (Fsp3) is 0.643. The van der Waals surface area contributed by atoms with Gasteiger partial charge in [-0.1, -0.05) is 0 Å². The second kappa shape index (κ2) is 7.07. The van der Waals surface area contributed by atoms with Crippen molar-refractivity contribution >= 4 is 11.9 Å². The largest absolute Gasteiger partial charge is 0.475 e. The molecule has 2 N–H and O–H groups in total. The number of hydrogen-bond acceptors (Lipinski definition) is 5. The third kappa shape index (κ3) is 6.92. The van der Waals surface area contributed by atoms with Gasteiger partial charge >= 0.3 is 0 Å². The second-order valence-electron chi connectivity index (χ2n) is 5.86. The number of nitrogens with one attached hydrogen (secondary N) is 2. The molecule has 0 aliphatic carbocycles. The summed E-state index contributed by atoms with van der Waals surface area (Å²) in [6.07, 6.45) is 2.06. The number of aromatic nitrogens is 2. The highest BCUT2D eigenvalue weighted by molar-refractivity contribution is 5.77. The lowest BCUT2D eigenvalue weighted by Crippen LogP contribution is -2.41. The minimum absolute atomic E-state index is 0.000384. The van der Waals surface area contributed by atoms with Crippen LogP contribution in [0.2, 0.25) is 0 Å². The minimum Gasteiger partial charge on any atom is -0.475 e. The molecule has 0 aliphatic heterocycles. The Labute approximate surface area is 120 Å². The van der Waals surface area contributed by atoms with E-state index in [0.717, 1.165) is 0 Å². The Kier molecular flexibility index (Phi) is 5.73. The summed E-state index contributed by atoms with van der Waals surface area (Å²) >= 11 is 0. The monoisotopic (exact) mass is 280 g/mol. The molecule has 6 nitrogen and oxygen atoms in total. The maximum absolute atomic E-state index is 11.6. The molecule has 0 aliphatic rings. The van der Waals surface area contributed by atoms with Crippen molar-refractivity contribution in [3.63, 3.8) is 0 Å². The lowest BCUT2D eigenvalue weighted by atomic mass is 10.1. The summed E-state index contributed by atoms with van der Waals surface area (Å²) in [5, 5.41) is 5.91. The third-order valence-electron chi connectivity index (χ3n) is 2.14. The maximum atomic E-state index is 11.6. The molecule has 0 bridgehead atoms. The molecule has 0 saturated carbocycles. The number of anilines is 1. The summed E-state index contributed by atoms with van der Waals surface area (Å²) in [6, 6.07) is 1.71. The molecule has 1 heterocycles. The van der Waals surface area contributed by atoms with Gasteiger partial charge in [0.25, 0.3) is 0 Å². The molecule has 0 spiro atoms. The van der Waals surface area contributed by atoms with Crippen LogP contribution in [0, 0.1) is 0 Å². The standard InChI is InChI=1S/C14H24N4O2/c1-10(2)20-12-7-9-16-13(17-12)15-8-6-11(19)18-14(3,4)5/h7,9-10H,6,8H2,1-5H3,(H,18,19)(H,15,16,17). The van der Waals surface area contributed by atoms with Crippen molar-refractivity contribution in [2.24, 2.45) is 0 Å². The fourth-order valence-corrected chi connectivity index (χ4v) is 1.50. The van der Waals surface area contributed by atoms with Crippen molar-refractivity contribution in [3.8, 4) is 5.88 Å². The number of hydrogen-bond donors (Lipinski definition) is 2. The van der Waals surface area contributed by atoms with E-state index >= 15 is 0 Å². The molecule has 1 aromatic rings. The van der Waals surface area contributed by atoms with Gasteiger partial charge in [-0.3, -0.25) is 4.79 Å². The van der Waals surface area contributed by atoms with Crippen LogP contribution >= 0.6 is 0 Å². The molecule has 0 radical (unpaired) electrons. The van der Waals surface area contributed by atoms with Crippen LogP contribution in [0.3, 0.4) is 0 Å². The van der Waals surface area contributed by atoms with Crippen LogP contribution in [0.25, 0.3) is 0 Å². The Balaban J connectivity index is 2.40. The smallest absolute Gasteiger partial charge is 0.225 e. The number of rotatable bonds is 6. The van der Waals surface area contributed by atoms with Crippen LogP contribution in [0.15, 0.2) is 12.3 Å². The molecule has 0 aromatic carbocycles. The average molecular weight is 280 g/mol. The molecule has 1 aromatic heterocycles. The highest BCUT2D eigenvalue weighted by Gasteiger charge is 2.13. The molecule has 0 saturated heterocycles. The van der Waals surface area contributed by atoms with Gasteiger partial charge in [-0.15, -0.1) is 0 Å². The molecular weight excluding hydrogens is 256 g/mol. The van der Waals surface area contributed by atoms with Gasteiger partial charge in [0.1, 0.15) is 0 Å². The van der Waals surface area contributed by atoms with Gasteiger partial charge in [-0.2, -0.15) is 4.98 Å². The van der Waals surface area contributed by atoms with Gasteiger partial charge in [0.2, 0.25) is 17.7 Å². The van der Waals surface area contributed by atoms with Gasteiger partial charge in [-0.05, 0) is 34.6 Å². The lowest BCUT2D eigenvalue weighted by Gasteiger charge is -2.20. The SMILES string of the molecule is CC(C)Oc1ccnc(NCCC(=O)NC(C)(C)C)n1. The van der Waals surface area contributed by atoms with Gasteiger partial charge in [0, 0.05) is 30.8 Å². The second-order valence-corrected chi connectivity index (χ2v) is 5.86. The Morgan fingerprint density at radius 1 is 1.40 bits per heavy atom. The first-order chi connectivity index (χ1) is 9.26. The zero-order chi connectivity index (χ0) is 15.2. The Morgan fingerprint density at radius 3 is 2.70 bits per heavy atom. The van der Waals surface area contributed by atoms with Crippen molar-refractivity contribution in [2.75, 3.05) is 11.9 Å². The van der Waals surface area contributed by atoms with E-state index in [-0.39, 0.29) is 17.6 Å². The molecule has 0 atom stereocenters. The molecule has 1 rings (SSSR count). The summed E-state index contributed by atoms with van der Waals surface area (Å²) in [7, 11) is 0. The lowest BCUT2D eigenvalue weighted by molar-refractivity contribution is -0.122. The van der Waals surface area contributed by atoms with E-state index in [1.807, 2.05) is 34.6 Å². The molecule has 0 unspecified atom stereocenters. The Hall–Kier alpha value is -1.85. The van der Waals surface area contributed by atoms with E-state index in [4.69, 9.17) is 4.74 Å². The van der Waals surface area contributed by atoms with Gasteiger partial charge < -0.3 is 15.4 Å². The van der Waals surface area contributed by atoms with E-state index in [0.29, 0.717) is 24.8 Å². The number of ether oxygens (including phenoxy) is 1. The summed E-state index contributed by atoms with van der Waals surface area (Å²) in [4.78, 5) is 19.9. The first-order valence-corrected chi connectivity index (χ1v) is 6.81. The molecule has 6 heteroatoms. The van der Waals surface area contributed by atoms with Crippen molar-refractivity contribution in [2.45, 2.75) is 52.7 Å². The quantitative estimate of drug-likeness (QED) is 0.833. The zero-order valence-electron chi connectivity index (χ0n) is 12.9. The van der Waals surface area contributed by atoms with Crippen LogP contribution in [0.5, 0.6) is 5.88 Å². The average Bonchev–Trinajstić information content (AvgIpc) is 2.25. The van der Waals surface area contributed by atoms with Crippen LogP contribution in [-0.4, -0.2) is 34.1 Å². The highest BCUT2D eigenvalue weighted by atomic mass is 16.5. The summed E-state index contributed by atoms with van der Waals surface area (Å²) in [5.41, 5.74) is -0.210. The normalized spacial score (nSPS) is 11.3. The summed E-state index contributed by atoms with van der Waals surface area (Å²) in [5.74, 6) is 0.989. The molecule has 20 heavy (non-hydrogen) atoms.